The average molecular weight is 215 g/mol. The summed E-state index contributed by atoms with van der Waals surface area (Å²) >= 11 is 0. The van der Waals surface area contributed by atoms with Crippen LogP contribution in [-0.2, 0) is 6.54 Å². The molecule has 15 heavy (non-hydrogen) atoms. The zero-order chi connectivity index (χ0) is 11.1. The van der Waals surface area contributed by atoms with Crippen molar-refractivity contribution in [1.29, 1.82) is 0 Å². The minimum Gasteiger partial charge on any atom is -0.396 e. The van der Waals surface area contributed by atoms with Crippen LogP contribution < -0.4 is 0 Å². The second-order valence-corrected chi connectivity index (χ2v) is 3.31. The molecule has 1 heterocycles. The number of aromatic nitrogens is 2. The summed E-state index contributed by atoms with van der Waals surface area (Å²) in [5.74, 6) is 1.15. The number of aliphatic hydroxyl groups excluding tert-OH is 2. The molecule has 0 fully saturated rings. The SMILES string of the molecule is Cc1nc(CN(CCO)CCCO)no1. The zero-order valence-electron chi connectivity index (χ0n) is 8.89. The van der Waals surface area contributed by atoms with E-state index in [2.05, 4.69) is 10.1 Å². The average Bonchev–Trinajstić information content (AvgIpc) is 2.61. The molecule has 0 atom stereocenters. The Kier molecular flexibility index (Phi) is 5.23. The summed E-state index contributed by atoms with van der Waals surface area (Å²) < 4.78 is 4.85. The Labute approximate surface area is 88.5 Å². The summed E-state index contributed by atoms with van der Waals surface area (Å²) in [6.45, 7) is 3.77. The van der Waals surface area contributed by atoms with E-state index in [9.17, 15) is 0 Å². The Bertz CT molecular complexity index is 277. The minimum absolute atomic E-state index is 0.0856. The molecule has 0 radical (unpaired) electrons. The molecule has 1 rings (SSSR count). The van der Waals surface area contributed by atoms with Crippen LogP contribution in [0.2, 0.25) is 0 Å². The second kappa shape index (κ2) is 6.49. The Morgan fingerprint density at radius 2 is 2.07 bits per heavy atom. The van der Waals surface area contributed by atoms with Crippen LogP contribution in [0.15, 0.2) is 4.52 Å². The van der Waals surface area contributed by atoms with Gasteiger partial charge in [0.05, 0.1) is 13.2 Å². The quantitative estimate of drug-likeness (QED) is 0.641. The van der Waals surface area contributed by atoms with Crippen LogP contribution in [-0.4, -0.2) is 51.6 Å². The molecular formula is C9H17N3O3. The van der Waals surface area contributed by atoms with Gasteiger partial charge in [-0.15, -0.1) is 0 Å². The molecule has 6 heteroatoms. The van der Waals surface area contributed by atoms with Gasteiger partial charge in [-0.25, -0.2) is 0 Å². The molecule has 0 unspecified atom stereocenters. The van der Waals surface area contributed by atoms with Crippen molar-refractivity contribution in [1.82, 2.24) is 15.0 Å². The highest BCUT2D eigenvalue weighted by molar-refractivity contribution is 4.83. The van der Waals surface area contributed by atoms with Crippen molar-refractivity contribution in [2.24, 2.45) is 0 Å². The fraction of sp³-hybridized carbons (Fsp3) is 0.778. The van der Waals surface area contributed by atoms with Crippen molar-refractivity contribution in [2.45, 2.75) is 19.9 Å². The molecule has 0 aromatic carbocycles. The molecule has 0 bridgehead atoms. The molecule has 1 aromatic rings. The van der Waals surface area contributed by atoms with Crippen molar-refractivity contribution in [3.63, 3.8) is 0 Å². The summed E-state index contributed by atoms with van der Waals surface area (Å²) in [7, 11) is 0. The third kappa shape index (κ3) is 4.37. The monoisotopic (exact) mass is 215 g/mol. The summed E-state index contributed by atoms with van der Waals surface area (Å²) in [5, 5.41) is 21.3. The van der Waals surface area contributed by atoms with Crippen LogP contribution in [0.4, 0.5) is 0 Å². The number of hydrogen-bond acceptors (Lipinski definition) is 6. The van der Waals surface area contributed by atoms with Crippen molar-refractivity contribution in [2.75, 3.05) is 26.3 Å². The van der Waals surface area contributed by atoms with Crippen LogP contribution in [0.5, 0.6) is 0 Å². The maximum atomic E-state index is 8.85. The van der Waals surface area contributed by atoms with Crippen molar-refractivity contribution in [3.8, 4) is 0 Å². The summed E-state index contributed by atoms with van der Waals surface area (Å²) in [6.07, 6.45) is 0.677. The molecular weight excluding hydrogens is 198 g/mol. The number of nitrogens with zero attached hydrogens (tertiary/aromatic N) is 3. The number of aryl methyl sites for hydroxylation is 1. The lowest BCUT2D eigenvalue weighted by atomic mass is 10.3. The van der Waals surface area contributed by atoms with Crippen LogP contribution in [0.1, 0.15) is 18.1 Å². The van der Waals surface area contributed by atoms with Gasteiger partial charge in [0.15, 0.2) is 5.82 Å². The number of hydrogen-bond donors (Lipinski definition) is 2. The van der Waals surface area contributed by atoms with Crippen LogP contribution in [0.25, 0.3) is 0 Å². The smallest absolute Gasteiger partial charge is 0.223 e. The first kappa shape index (κ1) is 12.1. The molecule has 0 saturated carbocycles. The fourth-order valence-electron chi connectivity index (χ4n) is 1.31. The minimum atomic E-state index is 0.0856. The number of aliphatic hydroxyl groups is 2. The van der Waals surface area contributed by atoms with Gasteiger partial charge in [-0.1, -0.05) is 5.16 Å². The first-order chi connectivity index (χ1) is 7.26. The summed E-state index contributed by atoms with van der Waals surface area (Å²) in [4.78, 5) is 6.05. The number of rotatable bonds is 7. The maximum absolute atomic E-state index is 8.85. The normalized spacial score (nSPS) is 11.2. The first-order valence-corrected chi connectivity index (χ1v) is 4.99. The van der Waals surface area contributed by atoms with E-state index in [1.807, 2.05) is 4.90 Å². The van der Waals surface area contributed by atoms with E-state index in [1.165, 1.54) is 0 Å². The van der Waals surface area contributed by atoms with E-state index in [1.54, 1.807) is 6.92 Å². The van der Waals surface area contributed by atoms with Crippen molar-refractivity contribution in [3.05, 3.63) is 11.7 Å². The van der Waals surface area contributed by atoms with Gasteiger partial charge in [0.25, 0.3) is 0 Å². The third-order valence-corrected chi connectivity index (χ3v) is 1.98. The van der Waals surface area contributed by atoms with E-state index in [-0.39, 0.29) is 13.2 Å². The zero-order valence-corrected chi connectivity index (χ0v) is 8.89. The molecule has 86 valence electrons. The Hall–Kier alpha value is -0.980. The van der Waals surface area contributed by atoms with Crippen molar-refractivity contribution >= 4 is 0 Å². The largest absolute Gasteiger partial charge is 0.396 e. The highest BCUT2D eigenvalue weighted by Gasteiger charge is 2.09. The topological polar surface area (TPSA) is 82.6 Å². The Balaban J connectivity index is 2.42. The molecule has 6 nitrogen and oxygen atoms in total. The standard InChI is InChI=1S/C9H17N3O3/c1-8-10-9(11-15-8)7-12(4-6-14)3-2-5-13/h13-14H,2-7H2,1H3. The molecule has 1 aromatic heterocycles. The van der Waals surface area contributed by atoms with E-state index < -0.39 is 0 Å². The van der Waals surface area contributed by atoms with Crippen molar-refractivity contribution < 1.29 is 14.7 Å². The fourth-order valence-corrected chi connectivity index (χ4v) is 1.31. The lowest BCUT2D eigenvalue weighted by Crippen LogP contribution is -2.28. The molecule has 0 aliphatic carbocycles. The molecule has 2 N–H and O–H groups in total. The van der Waals surface area contributed by atoms with Crippen LogP contribution in [0.3, 0.4) is 0 Å². The van der Waals surface area contributed by atoms with Gasteiger partial charge in [-0.3, -0.25) is 4.90 Å². The van der Waals surface area contributed by atoms with Gasteiger partial charge >= 0.3 is 0 Å². The van der Waals surface area contributed by atoms with E-state index in [4.69, 9.17) is 14.7 Å². The highest BCUT2D eigenvalue weighted by atomic mass is 16.5. The molecule has 0 aliphatic rings. The summed E-state index contributed by atoms with van der Waals surface area (Å²) in [6, 6.07) is 0. The van der Waals surface area contributed by atoms with Gasteiger partial charge in [0.1, 0.15) is 0 Å². The molecule has 0 saturated heterocycles. The van der Waals surface area contributed by atoms with E-state index >= 15 is 0 Å². The summed E-state index contributed by atoms with van der Waals surface area (Å²) in [5.41, 5.74) is 0. The lowest BCUT2D eigenvalue weighted by molar-refractivity contribution is 0.170. The van der Waals surface area contributed by atoms with Gasteiger partial charge in [-0.05, 0) is 6.42 Å². The van der Waals surface area contributed by atoms with Crippen LogP contribution in [0, 0.1) is 6.92 Å². The maximum Gasteiger partial charge on any atom is 0.223 e. The predicted octanol–water partition coefficient (Wildman–Crippen LogP) is -0.445. The molecule has 0 amide bonds. The Morgan fingerprint density at radius 1 is 1.27 bits per heavy atom. The molecule has 0 aliphatic heterocycles. The van der Waals surface area contributed by atoms with Gasteiger partial charge in [0, 0.05) is 26.6 Å². The van der Waals surface area contributed by atoms with Gasteiger partial charge in [0.2, 0.25) is 5.89 Å². The molecule has 0 spiro atoms. The van der Waals surface area contributed by atoms with Gasteiger partial charge in [-0.2, -0.15) is 4.98 Å². The van der Waals surface area contributed by atoms with Crippen LogP contribution >= 0.6 is 0 Å². The third-order valence-electron chi connectivity index (χ3n) is 1.98. The predicted molar refractivity (Wildman–Crippen MR) is 53.1 cm³/mol. The Morgan fingerprint density at radius 3 is 2.60 bits per heavy atom. The highest BCUT2D eigenvalue weighted by Crippen LogP contribution is 2.01. The first-order valence-electron chi connectivity index (χ1n) is 4.99. The van der Waals surface area contributed by atoms with E-state index in [0.717, 1.165) is 0 Å². The van der Waals surface area contributed by atoms with E-state index in [0.29, 0.717) is 37.8 Å². The second-order valence-electron chi connectivity index (χ2n) is 3.31. The lowest BCUT2D eigenvalue weighted by Gasteiger charge is -2.18. The van der Waals surface area contributed by atoms with Gasteiger partial charge < -0.3 is 14.7 Å².